The summed E-state index contributed by atoms with van der Waals surface area (Å²) >= 11 is 6.16. The maximum atomic E-state index is 12.8. The molecule has 0 atom stereocenters. The van der Waals surface area contributed by atoms with Gasteiger partial charge < -0.3 is 10.6 Å². The van der Waals surface area contributed by atoms with E-state index in [2.05, 4.69) is 6.92 Å². The van der Waals surface area contributed by atoms with Crippen LogP contribution in [-0.2, 0) is 0 Å². The molecule has 0 bridgehead atoms. The monoisotopic (exact) mass is 302 g/mol. The Balaban J connectivity index is 2.34. The van der Waals surface area contributed by atoms with Crippen molar-refractivity contribution < 1.29 is 4.79 Å². The van der Waals surface area contributed by atoms with Crippen molar-refractivity contribution in [2.45, 2.75) is 19.8 Å². The topological polar surface area (TPSA) is 46.3 Å². The van der Waals surface area contributed by atoms with Gasteiger partial charge in [-0.05, 0) is 36.8 Å². The van der Waals surface area contributed by atoms with Crippen molar-refractivity contribution in [2.75, 3.05) is 17.2 Å². The van der Waals surface area contributed by atoms with Crippen molar-refractivity contribution in [3.05, 3.63) is 59.1 Å². The van der Waals surface area contributed by atoms with Crippen LogP contribution >= 0.6 is 11.6 Å². The molecule has 2 N–H and O–H groups in total. The molecular formula is C17H19ClN2O. The molecule has 0 saturated heterocycles. The summed E-state index contributed by atoms with van der Waals surface area (Å²) in [5, 5.41) is 0.387. The summed E-state index contributed by atoms with van der Waals surface area (Å²) in [6.07, 6.45) is 1.96. The maximum absolute atomic E-state index is 12.8. The van der Waals surface area contributed by atoms with Crippen LogP contribution in [0.3, 0.4) is 0 Å². The van der Waals surface area contributed by atoms with Crippen LogP contribution in [0.4, 0.5) is 11.4 Å². The largest absolute Gasteiger partial charge is 0.399 e. The second-order valence-corrected chi connectivity index (χ2v) is 5.29. The molecule has 110 valence electrons. The van der Waals surface area contributed by atoms with Gasteiger partial charge in [0.1, 0.15) is 0 Å². The van der Waals surface area contributed by atoms with Crippen molar-refractivity contribution in [3.63, 3.8) is 0 Å². The van der Waals surface area contributed by atoms with Crippen LogP contribution < -0.4 is 10.6 Å². The Morgan fingerprint density at radius 2 is 1.90 bits per heavy atom. The van der Waals surface area contributed by atoms with E-state index in [0.29, 0.717) is 22.8 Å². The van der Waals surface area contributed by atoms with E-state index < -0.39 is 0 Å². The van der Waals surface area contributed by atoms with Crippen molar-refractivity contribution in [1.82, 2.24) is 0 Å². The number of nitrogen functional groups attached to an aromatic ring is 1. The molecule has 0 aliphatic rings. The fraction of sp³-hybridized carbons (Fsp3) is 0.235. The first-order valence-electron chi connectivity index (χ1n) is 7.05. The summed E-state index contributed by atoms with van der Waals surface area (Å²) in [7, 11) is 0. The summed E-state index contributed by atoms with van der Waals surface area (Å²) in [4.78, 5) is 14.5. The third kappa shape index (κ3) is 3.76. The molecule has 0 unspecified atom stereocenters. The number of hydrogen-bond donors (Lipinski definition) is 1. The molecule has 0 aromatic heterocycles. The highest BCUT2D eigenvalue weighted by molar-refractivity contribution is 6.34. The van der Waals surface area contributed by atoms with Gasteiger partial charge in [0.2, 0.25) is 0 Å². The third-order valence-corrected chi connectivity index (χ3v) is 3.58. The smallest absolute Gasteiger partial charge is 0.259 e. The number of carbonyl (C=O) groups is 1. The van der Waals surface area contributed by atoms with Gasteiger partial charge in [-0.1, -0.05) is 43.1 Å². The number of nitrogens with two attached hydrogens (primary N) is 1. The van der Waals surface area contributed by atoms with Crippen LogP contribution in [0, 0.1) is 0 Å². The Morgan fingerprint density at radius 1 is 1.19 bits per heavy atom. The number of anilines is 2. The van der Waals surface area contributed by atoms with E-state index in [9.17, 15) is 4.79 Å². The number of amides is 1. The van der Waals surface area contributed by atoms with Gasteiger partial charge in [-0.2, -0.15) is 0 Å². The summed E-state index contributed by atoms with van der Waals surface area (Å²) in [6, 6.07) is 14.6. The number of unbranched alkanes of at least 4 members (excludes halogenated alkanes) is 1. The highest BCUT2D eigenvalue weighted by atomic mass is 35.5. The Hall–Kier alpha value is -2.00. The highest BCUT2D eigenvalue weighted by Crippen LogP contribution is 2.24. The molecule has 0 aliphatic carbocycles. The molecule has 3 nitrogen and oxygen atoms in total. The number of para-hydroxylation sites is 1. The van der Waals surface area contributed by atoms with E-state index >= 15 is 0 Å². The van der Waals surface area contributed by atoms with Gasteiger partial charge in [0.15, 0.2) is 0 Å². The Bertz CT molecular complexity index is 613. The minimum Gasteiger partial charge on any atom is -0.399 e. The lowest BCUT2D eigenvalue weighted by atomic mass is 10.1. The van der Waals surface area contributed by atoms with Gasteiger partial charge in [-0.15, -0.1) is 0 Å². The maximum Gasteiger partial charge on any atom is 0.259 e. The van der Waals surface area contributed by atoms with E-state index in [-0.39, 0.29) is 5.91 Å². The Kier molecular flexibility index (Phi) is 5.23. The second-order valence-electron chi connectivity index (χ2n) is 4.89. The number of nitrogens with zero attached hydrogens (tertiary/aromatic N) is 1. The molecule has 2 aromatic carbocycles. The van der Waals surface area contributed by atoms with Crippen LogP contribution in [0.5, 0.6) is 0 Å². The first-order chi connectivity index (χ1) is 10.1. The molecule has 0 heterocycles. The van der Waals surface area contributed by atoms with Crippen LogP contribution in [0.15, 0.2) is 48.5 Å². The molecule has 0 saturated carbocycles. The lowest BCUT2D eigenvalue weighted by Gasteiger charge is -2.23. The van der Waals surface area contributed by atoms with E-state index in [1.165, 1.54) is 0 Å². The molecule has 0 fully saturated rings. The van der Waals surface area contributed by atoms with Crippen LogP contribution in [0.2, 0.25) is 5.02 Å². The molecule has 0 aliphatic heterocycles. The zero-order valence-corrected chi connectivity index (χ0v) is 12.8. The van der Waals surface area contributed by atoms with Gasteiger partial charge in [0, 0.05) is 17.9 Å². The van der Waals surface area contributed by atoms with Crippen LogP contribution in [0.25, 0.3) is 0 Å². The predicted octanol–water partition coefficient (Wildman–Crippen LogP) is 4.37. The second kappa shape index (κ2) is 7.14. The van der Waals surface area contributed by atoms with E-state index in [4.69, 9.17) is 17.3 Å². The first-order valence-corrected chi connectivity index (χ1v) is 7.43. The Morgan fingerprint density at radius 3 is 2.52 bits per heavy atom. The van der Waals surface area contributed by atoms with Crippen molar-refractivity contribution in [3.8, 4) is 0 Å². The van der Waals surface area contributed by atoms with E-state index in [1.54, 1.807) is 23.1 Å². The van der Waals surface area contributed by atoms with Crippen molar-refractivity contribution in [1.29, 1.82) is 0 Å². The van der Waals surface area contributed by atoms with Crippen molar-refractivity contribution >= 4 is 28.9 Å². The molecule has 4 heteroatoms. The highest BCUT2D eigenvalue weighted by Gasteiger charge is 2.19. The molecule has 0 radical (unpaired) electrons. The molecule has 1 amide bonds. The average Bonchev–Trinajstić information content (AvgIpc) is 2.48. The fourth-order valence-corrected chi connectivity index (χ4v) is 2.39. The number of benzene rings is 2. The molecule has 21 heavy (non-hydrogen) atoms. The minimum absolute atomic E-state index is 0.0975. The summed E-state index contributed by atoms with van der Waals surface area (Å²) in [5.41, 5.74) is 7.59. The lowest BCUT2D eigenvalue weighted by Crippen LogP contribution is -2.32. The number of rotatable bonds is 5. The quantitative estimate of drug-likeness (QED) is 0.834. The third-order valence-electron chi connectivity index (χ3n) is 3.27. The summed E-state index contributed by atoms with van der Waals surface area (Å²) in [5.74, 6) is -0.0975. The molecule has 2 rings (SSSR count). The van der Waals surface area contributed by atoms with Gasteiger partial charge in [0.25, 0.3) is 5.91 Å². The summed E-state index contributed by atoms with van der Waals surface area (Å²) < 4.78 is 0. The summed E-state index contributed by atoms with van der Waals surface area (Å²) in [6.45, 7) is 2.77. The van der Waals surface area contributed by atoms with E-state index in [0.717, 1.165) is 18.5 Å². The lowest BCUT2D eigenvalue weighted by molar-refractivity contribution is 0.0987. The van der Waals surface area contributed by atoms with Gasteiger partial charge in [-0.25, -0.2) is 0 Å². The number of halogens is 1. The van der Waals surface area contributed by atoms with Gasteiger partial charge in [0.05, 0.1) is 10.6 Å². The fourth-order valence-electron chi connectivity index (χ4n) is 2.12. The molecule has 2 aromatic rings. The standard InChI is InChI=1S/C17H19ClN2O/c1-2-3-11-20(14-7-5-4-6-8-14)17(21)15-10-9-13(19)12-16(15)18/h4-10,12H,2-3,11,19H2,1H3. The normalized spacial score (nSPS) is 10.4. The van der Waals surface area contributed by atoms with Crippen molar-refractivity contribution in [2.24, 2.45) is 0 Å². The van der Waals surface area contributed by atoms with Crippen LogP contribution in [0.1, 0.15) is 30.1 Å². The predicted molar refractivity (Wildman–Crippen MR) is 88.9 cm³/mol. The molecule has 0 spiro atoms. The number of hydrogen-bond acceptors (Lipinski definition) is 2. The number of carbonyl (C=O) groups excluding carboxylic acids is 1. The van der Waals surface area contributed by atoms with Gasteiger partial charge >= 0.3 is 0 Å². The van der Waals surface area contributed by atoms with Gasteiger partial charge in [-0.3, -0.25) is 4.79 Å². The Labute approximate surface area is 130 Å². The zero-order valence-electron chi connectivity index (χ0n) is 12.1. The first kappa shape index (κ1) is 15.4. The average molecular weight is 303 g/mol. The van der Waals surface area contributed by atoms with E-state index in [1.807, 2.05) is 30.3 Å². The minimum atomic E-state index is -0.0975. The SMILES string of the molecule is CCCCN(C(=O)c1ccc(N)cc1Cl)c1ccccc1. The zero-order chi connectivity index (χ0) is 15.2. The molecular weight excluding hydrogens is 284 g/mol. The van der Waals surface area contributed by atoms with Crippen LogP contribution in [-0.4, -0.2) is 12.5 Å².